The predicted octanol–water partition coefficient (Wildman–Crippen LogP) is 2.13. The highest BCUT2D eigenvalue weighted by atomic mass is 16.1. The number of piperidine rings is 1. The average Bonchev–Trinajstić information content (AvgIpc) is 2.15. The smallest absolute Gasteiger partial charge is 0.135 e. The van der Waals surface area contributed by atoms with Crippen molar-refractivity contribution in [2.75, 3.05) is 6.54 Å². The van der Waals surface area contributed by atoms with E-state index in [1.807, 2.05) is 13.8 Å². The van der Waals surface area contributed by atoms with E-state index in [0.29, 0.717) is 11.8 Å². The fourth-order valence-electron chi connectivity index (χ4n) is 1.78. The summed E-state index contributed by atoms with van der Waals surface area (Å²) in [6, 6.07) is 0.608. The van der Waals surface area contributed by atoms with Gasteiger partial charge in [-0.15, -0.1) is 0 Å². The second-order valence-corrected chi connectivity index (χ2v) is 4.31. The molecule has 1 saturated heterocycles. The summed E-state index contributed by atoms with van der Waals surface area (Å²) >= 11 is 0. The topological polar surface area (TPSA) is 29.1 Å². The van der Waals surface area contributed by atoms with Crippen molar-refractivity contribution in [1.29, 1.82) is 0 Å². The quantitative estimate of drug-likeness (QED) is 0.723. The van der Waals surface area contributed by atoms with E-state index in [0.717, 1.165) is 19.4 Å². The minimum atomic E-state index is 0.212. The summed E-state index contributed by atoms with van der Waals surface area (Å²) in [6.45, 7) is 5.10. The van der Waals surface area contributed by atoms with Gasteiger partial charge in [-0.25, -0.2) is 0 Å². The van der Waals surface area contributed by atoms with Gasteiger partial charge in [0.1, 0.15) is 5.78 Å². The first-order chi connectivity index (χ1) is 6.20. The number of hydrogen-bond acceptors (Lipinski definition) is 2. The van der Waals surface area contributed by atoms with E-state index in [2.05, 4.69) is 5.32 Å². The Labute approximate surface area is 81.1 Å². The van der Waals surface area contributed by atoms with Crippen molar-refractivity contribution in [2.24, 2.45) is 5.92 Å². The lowest BCUT2D eigenvalue weighted by atomic mass is 9.96. The van der Waals surface area contributed by atoms with E-state index in [1.165, 1.54) is 19.3 Å². The van der Waals surface area contributed by atoms with E-state index in [1.54, 1.807) is 0 Å². The SMILES string of the molecule is CC(C)C(=O)CCC1CCCCN1. The summed E-state index contributed by atoms with van der Waals surface area (Å²) in [6.07, 6.45) is 5.68. The second-order valence-electron chi connectivity index (χ2n) is 4.31. The van der Waals surface area contributed by atoms with Crippen LogP contribution >= 0.6 is 0 Å². The van der Waals surface area contributed by atoms with Crippen molar-refractivity contribution in [3.05, 3.63) is 0 Å². The molecule has 0 aromatic carbocycles. The highest BCUT2D eigenvalue weighted by Crippen LogP contribution is 2.13. The molecule has 13 heavy (non-hydrogen) atoms. The van der Waals surface area contributed by atoms with E-state index in [9.17, 15) is 4.79 Å². The molecule has 0 bridgehead atoms. The average molecular weight is 183 g/mol. The van der Waals surface area contributed by atoms with Gasteiger partial charge >= 0.3 is 0 Å². The minimum Gasteiger partial charge on any atom is -0.314 e. The lowest BCUT2D eigenvalue weighted by Crippen LogP contribution is -2.34. The molecular weight excluding hydrogens is 162 g/mol. The third-order valence-electron chi connectivity index (χ3n) is 2.80. The van der Waals surface area contributed by atoms with Gasteiger partial charge in [0.15, 0.2) is 0 Å². The Hall–Kier alpha value is -0.370. The predicted molar refractivity (Wildman–Crippen MR) is 54.7 cm³/mol. The first-order valence-electron chi connectivity index (χ1n) is 5.46. The molecule has 0 saturated carbocycles. The van der Waals surface area contributed by atoms with Gasteiger partial charge < -0.3 is 5.32 Å². The molecule has 1 N–H and O–H groups in total. The summed E-state index contributed by atoms with van der Waals surface area (Å²) in [5.41, 5.74) is 0. The molecule has 0 radical (unpaired) electrons. The lowest BCUT2D eigenvalue weighted by Gasteiger charge is -2.23. The molecule has 1 atom stereocenters. The zero-order valence-corrected chi connectivity index (χ0v) is 8.81. The second kappa shape index (κ2) is 5.38. The Kier molecular flexibility index (Phi) is 4.43. The number of Topliss-reactive ketones (excluding diaryl/α,β-unsaturated/α-hetero) is 1. The highest BCUT2D eigenvalue weighted by molar-refractivity contribution is 5.80. The molecule has 2 heteroatoms. The number of hydrogen-bond donors (Lipinski definition) is 1. The molecule has 1 aliphatic heterocycles. The monoisotopic (exact) mass is 183 g/mol. The Morgan fingerprint density at radius 1 is 1.46 bits per heavy atom. The van der Waals surface area contributed by atoms with Crippen molar-refractivity contribution >= 4 is 5.78 Å². The largest absolute Gasteiger partial charge is 0.314 e. The van der Waals surface area contributed by atoms with Crippen LogP contribution in [0.25, 0.3) is 0 Å². The number of nitrogens with one attached hydrogen (secondary N) is 1. The maximum absolute atomic E-state index is 11.4. The normalized spacial score (nSPS) is 23.5. The Bertz CT molecular complexity index is 159. The summed E-state index contributed by atoms with van der Waals surface area (Å²) < 4.78 is 0. The molecule has 1 heterocycles. The molecule has 1 unspecified atom stereocenters. The van der Waals surface area contributed by atoms with Crippen LogP contribution in [0.15, 0.2) is 0 Å². The van der Waals surface area contributed by atoms with Gasteiger partial charge in [-0.1, -0.05) is 20.3 Å². The van der Waals surface area contributed by atoms with Crippen molar-refractivity contribution in [1.82, 2.24) is 5.32 Å². The standard InChI is InChI=1S/C11H21NO/c1-9(2)11(13)7-6-10-5-3-4-8-12-10/h9-10,12H,3-8H2,1-2H3. The number of rotatable bonds is 4. The molecule has 76 valence electrons. The third-order valence-corrected chi connectivity index (χ3v) is 2.80. The molecule has 1 rings (SSSR count). The fourth-order valence-corrected chi connectivity index (χ4v) is 1.78. The molecule has 0 amide bonds. The van der Waals surface area contributed by atoms with Crippen molar-refractivity contribution in [3.8, 4) is 0 Å². The third kappa shape index (κ3) is 3.90. The zero-order valence-electron chi connectivity index (χ0n) is 8.81. The molecule has 0 spiro atoms. The van der Waals surface area contributed by atoms with Crippen LogP contribution in [0.2, 0.25) is 0 Å². The highest BCUT2D eigenvalue weighted by Gasteiger charge is 2.14. The van der Waals surface area contributed by atoms with E-state index >= 15 is 0 Å². The van der Waals surface area contributed by atoms with Gasteiger partial charge in [0.2, 0.25) is 0 Å². The van der Waals surface area contributed by atoms with Gasteiger partial charge in [-0.2, -0.15) is 0 Å². The van der Waals surface area contributed by atoms with Gasteiger partial charge in [0, 0.05) is 18.4 Å². The van der Waals surface area contributed by atoms with E-state index in [4.69, 9.17) is 0 Å². The van der Waals surface area contributed by atoms with Crippen LogP contribution in [0.5, 0.6) is 0 Å². The van der Waals surface area contributed by atoms with E-state index in [-0.39, 0.29) is 5.92 Å². The molecule has 1 fully saturated rings. The van der Waals surface area contributed by atoms with Crippen LogP contribution in [0.4, 0.5) is 0 Å². The van der Waals surface area contributed by atoms with Gasteiger partial charge in [-0.3, -0.25) is 4.79 Å². The van der Waals surface area contributed by atoms with Crippen molar-refractivity contribution < 1.29 is 4.79 Å². The van der Waals surface area contributed by atoms with E-state index < -0.39 is 0 Å². The Morgan fingerprint density at radius 3 is 2.77 bits per heavy atom. The minimum absolute atomic E-state index is 0.212. The van der Waals surface area contributed by atoms with Gasteiger partial charge in [-0.05, 0) is 25.8 Å². The van der Waals surface area contributed by atoms with Gasteiger partial charge in [0.25, 0.3) is 0 Å². The molecular formula is C11H21NO. The first kappa shape index (κ1) is 10.7. The molecule has 1 aliphatic rings. The molecule has 0 aromatic heterocycles. The molecule has 0 aliphatic carbocycles. The van der Waals surface area contributed by atoms with Crippen LogP contribution in [0.1, 0.15) is 46.0 Å². The Balaban J connectivity index is 2.13. The summed E-state index contributed by atoms with van der Waals surface area (Å²) in [5.74, 6) is 0.621. The maximum atomic E-state index is 11.4. The van der Waals surface area contributed by atoms with Crippen molar-refractivity contribution in [2.45, 2.75) is 52.0 Å². The first-order valence-corrected chi connectivity index (χ1v) is 5.46. The maximum Gasteiger partial charge on any atom is 0.135 e. The number of carbonyl (C=O) groups is 1. The number of ketones is 1. The van der Waals surface area contributed by atoms with Crippen LogP contribution in [0.3, 0.4) is 0 Å². The van der Waals surface area contributed by atoms with Crippen molar-refractivity contribution in [3.63, 3.8) is 0 Å². The summed E-state index contributed by atoms with van der Waals surface area (Å²) in [5, 5.41) is 3.46. The molecule has 2 nitrogen and oxygen atoms in total. The van der Waals surface area contributed by atoms with Crippen LogP contribution in [-0.4, -0.2) is 18.4 Å². The zero-order chi connectivity index (χ0) is 9.68. The summed E-state index contributed by atoms with van der Waals surface area (Å²) in [7, 11) is 0. The van der Waals surface area contributed by atoms with Crippen LogP contribution < -0.4 is 5.32 Å². The van der Waals surface area contributed by atoms with Gasteiger partial charge in [0.05, 0.1) is 0 Å². The summed E-state index contributed by atoms with van der Waals surface area (Å²) in [4.78, 5) is 11.4. The Morgan fingerprint density at radius 2 is 2.23 bits per heavy atom. The molecule has 0 aromatic rings. The van der Waals surface area contributed by atoms with Crippen LogP contribution in [0, 0.1) is 5.92 Å². The van der Waals surface area contributed by atoms with Crippen LogP contribution in [-0.2, 0) is 4.79 Å². The number of carbonyl (C=O) groups excluding carboxylic acids is 1. The lowest BCUT2D eigenvalue weighted by molar-refractivity contribution is -0.122. The fraction of sp³-hybridized carbons (Fsp3) is 0.909.